The standard InChI is InChI=1S/C20H14N4.C4H10O/c1-2-14-10-16-5-6-18(23-16)12-20-8-7-19(24-20)11-17-4-3-15(22-17)9-13(1)21-14;1-2-3-4-5/h1-12,21-22H;5H,2-4H2,1H3. The number of aromatic nitrogens is 4. The lowest BCUT2D eigenvalue weighted by Gasteiger charge is -1.86. The molecule has 0 aliphatic carbocycles. The maximum absolute atomic E-state index is 8.07. The molecule has 5 heteroatoms. The molecular formula is C24H24N4O. The number of H-pyrrole nitrogens is 2. The molecule has 0 unspecified atom stereocenters. The summed E-state index contributed by atoms with van der Waals surface area (Å²) >= 11 is 0. The van der Waals surface area contributed by atoms with E-state index >= 15 is 0 Å². The second-order valence-electron chi connectivity index (χ2n) is 6.98. The molecular weight excluding hydrogens is 360 g/mol. The Balaban J connectivity index is 0.000000369. The van der Waals surface area contributed by atoms with Crippen molar-refractivity contribution < 1.29 is 5.11 Å². The normalized spacial score (nSPS) is 11.9. The molecule has 0 spiro atoms. The van der Waals surface area contributed by atoms with Gasteiger partial charge in [0.2, 0.25) is 0 Å². The summed E-state index contributed by atoms with van der Waals surface area (Å²) in [5.41, 5.74) is 7.86. The highest BCUT2D eigenvalue weighted by molar-refractivity contribution is 5.77. The van der Waals surface area contributed by atoms with E-state index in [1.165, 1.54) is 0 Å². The van der Waals surface area contributed by atoms with Gasteiger partial charge in [-0.3, -0.25) is 0 Å². The second-order valence-corrected chi connectivity index (χ2v) is 6.98. The van der Waals surface area contributed by atoms with Gasteiger partial charge in [-0.2, -0.15) is 0 Å². The summed E-state index contributed by atoms with van der Waals surface area (Å²) in [6.45, 7) is 2.40. The number of aromatic amines is 2. The van der Waals surface area contributed by atoms with Gasteiger partial charge in [0.25, 0.3) is 0 Å². The Labute approximate surface area is 169 Å². The number of rotatable bonds is 2. The Bertz CT molecular complexity index is 1120. The highest BCUT2D eigenvalue weighted by atomic mass is 16.2. The summed E-state index contributed by atoms with van der Waals surface area (Å²) in [4.78, 5) is 16.0. The highest BCUT2D eigenvalue weighted by Gasteiger charge is 2.02. The molecule has 8 bridgehead atoms. The zero-order valence-corrected chi connectivity index (χ0v) is 16.4. The molecule has 0 saturated heterocycles. The summed E-state index contributed by atoms with van der Waals surface area (Å²) in [6, 6.07) is 16.4. The van der Waals surface area contributed by atoms with E-state index in [9.17, 15) is 0 Å². The third kappa shape index (κ3) is 4.89. The van der Waals surface area contributed by atoms with Crippen LogP contribution in [0, 0.1) is 0 Å². The van der Waals surface area contributed by atoms with E-state index in [0.717, 1.165) is 57.7 Å². The number of aliphatic hydroxyl groups is 1. The van der Waals surface area contributed by atoms with Crippen LogP contribution in [0.25, 0.3) is 46.4 Å². The van der Waals surface area contributed by atoms with Crippen LogP contribution in [0.1, 0.15) is 42.5 Å². The van der Waals surface area contributed by atoms with Gasteiger partial charge in [-0.05, 0) is 79.3 Å². The Morgan fingerprint density at radius 2 is 1.07 bits per heavy atom. The Hall–Kier alpha value is -3.44. The molecule has 0 fully saturated rings. The molecule has 5 heterocycles. The molecule has 3 N–H and O–H groups in total. The molecule has 5 rings (SSSR count). The third-order valence-electron chi connectivity index (χ3n) is 4.55. The van der Waals surface area contributed by atoms with Crippen LogP contribution in [0.2, 0.25) is 0 Å². The van der Waals surface area contributed by atoms with E-state index in [1.54, 1.807) is 0 Å². The van der Waals surface area contributed by atoms with Crippen molar-refractivity contribution in [3.8, 4) is 0 Å². The van der Waals surface area contributed by atoms with Crippen LogP contribution in [0.5, 0.6) is 0 Å². The van der Waals surface area contributed by atoms with E-state index in [-0.39, 0.29) is 0 Å². The van der Waals surface area contributed by atoms with Gasteiger partial charge in [-0.15, -0.1) is 0 Å². The second kappa shape index (κ2) is 8.71. The lowest BCUT2D eigenvalue weighted by atomic mass is 10.3. The van der Waals surface area contributed by atoms with Gasteiger partial charge in [0.15, 0.2) is 0 Å². The average Bonchev–Trinajstić information content (AvgIpc) is 3.48. The lowest BCUT2D eigenvalue weighted by molar-refractivity contribution is 0.287. The predicted molar refractivity (Wildman–Crippen MR) is 121 cm³/mol. The number of nitrogens with zero attached hydrogens (tertiary/aromatic N) is 2. The van der Waals surface area contributed by atoms with Crippen LogP contribution in [-0.2, 0) is 0 Å². The molecule has 3 aromatic heterocycles. The first-order chi connectivity index (χ1) is 14.2. The third-order valence-corrected chi connectivity index (χ3v) is 4.55. The number of aliphatic hydroxyl groups excluding tert-OH is 1. The first kappa shape index (κ1) is 18.9. The molecule has 0 saturated carbocycles. The number of unbranched alkanes of at least 4 members (excludes halogenated alkanes) is 1. The monoisotopic (exact) mass is 384 g/mol. The quantitative estimate of drug-likeness (QED) is 0.379. The first-order valence-corrected chi connectivity index (χ1v) is 9.87. The SMILES string of the molecule is C1=Cc2cc3ccc(cc4ccc(cc5nc(cc1n2)C=C5)[nH]4)[nH]3.CCCCO. The average molecular weight is 384 g/mol. The van der Waals surface area contributed by atoms with Crippen molar-refractivity contribution >= 4 is 46.4 Å². The molecule has 2 aliphatic heterocycles. The van der Waals surface area contributed by atoms with Crippen LogP contribution >= 0.6 is 0 Å². The minimum Gasteiger partial charge on any atom is -0.396 e. The van der Waals surface area contributed by atoms with Crippen LogP contribution < -0.4 is 0 Å². The predicted octanol–water partition coefficient (Wildman–Crippen LogP) is 5.43. The van der Waals surface area contributed by atoms with Crippen LogP contribution in [0.3, 0.4) is 0 Å². The molecule has 29 heavy (non-hydrogen) atoms. The number of hydrogen-bond acceptors (Lipinski definition) is 3. The van der Waals surface area contributed by atoms with Crippen LogP contribution in [0.15, 0.2) is 48.5 Å². The van der Waals surface area contributed by atoms with Gasteiger partial charge < -0.3 is 15.1 Å². The summed E-state index contributed by atoms with van der Waals surface area (Å²) in [5, 5.41) is 8.07. The van der Waals surface area contributed by atoms with Crippen molar-refractivity contribution in [3.63, 3.8) is 0 Å². The Morgan fingerprint density at radius 3 is 1.45 bits per heavy atom. The first-order valence-electron chi connectivity index (χ1n) is 9.87. The number of nitrogens with one attached hydrogen (secondary N) is 2. The van der Waals surface area contributed by atoms with Crippen molar-refractivity contribution in [1.82, 2.24) is 19.9 Å². The van der Waals surface area contributed by atoms with Crippen LogP contribution in [0.4, 0.5) is 0 Å². The van der Waals surface area contributed by atoms with Crippen molar-refractivity contribution in [2.75, 3.05) is 6.61 Å². The summed E-state index contributed by atoms with van der Waals surface area (Å²) < 4.78 is 0. The molecule has 146 valence electrons. The zero-order valence-electron chi connectivity index (χ0n) is 16.4. The Morgan fingerprint density at radius 1 is 0.655 bits per heavy atom. The number of hydrogen-bond donors (Lipinski definition) is 3. The van der Waals surface area contributed by atoms with Gasteiger partial charge in [0.1, 0.15) is 0 Å². The molecule has 0 amide bonds. The van der Waals surface area contributed by atoms with E-state index in [1.807, 2.05) is 42.5 Å². The number of fused-ring (bicyclic) bond motifs is 8. The van der Waals surface area contributed by atoms with Gasteiger partial charge >= 0.3 is 0 Å². The molecule has 5 nitrogen and oxygen atoms in total. The van der Waals surface area contributed by atoms with Crippen molar-refractivity contribution in [2.45, 2.75) is 19.8 Å². The smallest absolute Gasteiger partial charge is 0.0659 e. The van der Waals surface area contributed by atoms with E-state index in [4.69, 9.17) is 5.11 Å². The van der Waals surface area contributed by atoms with Crippen molar-refractivity contribution in [3.05, 3.63) is 71.3 Å². The van der Waals surface area contributed by atoms with Gasteiger partial charge in [-0.1, -0.05) is 13.3 Å². The fourth-order valence-electron chi connectivity index (χ4n) is 3.10. The van der Waals surface area contributed by atoms with Crippen LogP contribution in [-0.4, -0.2) is 31.6 Å². The summed E-state index contributed by atoms with van der Waals surface area (Å²) in [6.07, 6.45) is 10.1. The largest absolute Gasteiger partial charge is 0.396 e. The fourth-order valence-corrected chi connectivity index (χ4v) is 3.10. The van der Waals surface area contributed by atoms with Gasteiger partial charge in [0, 0.05) is 28.7 Å². The van der Waals surface area contributed by atoms with Crippen molar-refractivity contribution in [2.24, 2.45) is 0 Å². The molecule has 2 aliphatic rings. The molecule has 0 radical (unpaired) electrons. The topological polar surface area (TPSA) is 77.6 Å². The zero-order chi connectivity index (χ0) is 20.1. The lowest BCUT2D eigenvalue weighted by Crippen LogP contribution is -1.77. The Kier molecular flexibility index (Phi) is 5.68. The molecule has 0 atom stereocenters. The molecule has 3 aromatic rings. The van der Waals surface area contributed by atoms with E-state index in [2.05, 4.69) is 57.2 Å². The maximum atomic E-state index is 8.07. The van der Waals surface area contributed by atoms with Gasteiger partial charge in [0.05, 0.1) is 22.8 Å². The fraction of sp³-hybridized carbons (Fsp3) is 0.167. The summed E-state index contributed by atoms with van der Waals surface area (Å²) in [5.74, 6) is 0. The molecule has 0 aromatic carbocycles. The van der Waals surface area contributed by atoms with Gasteiger partial charge in [-0.25, -0.2) is 9.97 Å². The highest BCUT2D eigenvalue weighted by Crippen LogP contribution is 2.17. The van der Waals surface area contributed by atoms with E-state index < -0.39 is 0 Å². The van der Waals surface area contributed by atoms with Crippen molar-refractivity contribution in [1.29, 1.82) is 0 Å². The van der Waals surface area contributed by atoms with E-state index in [0.29, 0.717) is 6.61 Å². The minimum atomic E-state index is 0.344. The maximum Gasteiger partial charge on any atom is 0.0659 e. The minimum absolute atomic E-state index is 0.344. The summed E-state index contributed by atoms with van der Waals surface area (Å²) in [7, 11) is 0.